The minimum Gasteiger partial charge on any atom is -0.383 e. The number of nitrogens with zero attached hydrogens (tertiary/aromatic N) is 2. The lowest BCUT2D eigenvalue weighted by molar-refractivity contribution is 0.870. The fourth-order valence-electron chi connectivity index (χ4n) is 1.92. The highest BCUT2D eigenvalue weighted by molar-refractivity contribution is 9.10. The fourth-order valence-corrected chi connectivity index (χ4v) is 2.30. The first-order chi connectivity index (χ1) is 9.02. The van der Waals surface area contributed by atoms with Crippen molar-refractivity contribution in [2.24, 2.45) is 0 Å². The zero-order chi connectivity index (χ0) is 14.0. The molecule has 100 valence electrons. The largest absolute Gasteiger partial charge is 0.383 e. The van der Waals surface area contributed by atoms with E-state index in [4.69, 9.17) is 5.73 Å². The molecule has 0 atom stereocenters. The van der Waals surface area contributed by atoms with E-state index in [1.807, 2.05) is 6.07 Å². The zero-order valence-electron chi connectivity index (χ0n) is 11.5. The van der Waals surface area contributed by atoms with Gasteiger partial charge in [0.25, 0.3) is 0 Å². The Labute approximate surface area is 122 Å². The van der Waals surface area contributed by atoms with Crippen molar-refractivity contribution in [3.05, 3.63) is 39.5 Å². The van der Waals surface area contributed by atoms with Gasteiger partial charge < -0.3 is 5.73 Å². The van der Waals surface area contributed by atoms with Crippen molar-refractivity contribution in [3.63, 3.8) is 0 Å². The van der Waals surface area contributed by atoms with Gasteiger partial charge in [-0.25, -0.2) is 9.97 Å². The molecule has 19 heavy (non-hydrogen) atoms. The highest BCUT2D eigenvalue weighted by Gasteiger charge is 2.11. The molecule has 4 heteroatoms. The van der Waals surface area contributed by atoms with Crippen LogP contribution in [0.2, 0.25) is 0 Å². The van der Waals surface area contributed by atoms with Crippen LogP contribution in [0.1, 0.15) is 30.2 Å². The van der Waals surface area contributed by atoms with Gasteiger partial charge in [0, 0.05) is 5.56 Å². The van der Waals surface area contributed by atoms with Crippen LogP contribution in [0, 0.1) is 13.8 Å². The molecule has 0 spiro atoms. The number of nitrogens with two attached hydrogens (primary N) is 1. The first-order valence-corrected chi connectivity index (χ1v) is 7.21. The topological polar surface area (TPSA) is 51.8 Å². The van der Waals surface area contributed by atoms with Crippen molar-refractivity contribution in [2.75, 3.05) is 5.73 Å². The van der Waals surface area contributed by atoms with E-state index in [1.54, 1.807) is 0 Å². The summed E-state index contributed by atoms with van der Waals surface area (Å²) in [5.41, 5.74) is 10.4. The van der Waals surface area contributed by atoms with E-state index in [-0.39, 0.29) is 0 Å². The summed E-state index contributed by atoms with van der Waals surface area (Å²) in [7, 11) is 0. The molecule has 0 bridgehead atoms. The third-order valence-electron chi connectivity index (χ3n) is 3.20. The van der Waals surface area contributed by atoms with Gasteiger partial charge in [-0.1, -0.05) is 25.5 Å². The van der Waals surface area contributed by atoms with Crippen LogP contribution in [0.5, 0.6) is 0 Å². The van der Waals surface area contributed by atoms with E-state index in [2.05, 4.69) is 58.8 Å². The first-order valence-electron chi connectivity index (χ1n) is 6.42. The molecule has 3 nitrogen and oxygen atoms in total. The molecule has 2 aromatic rings. The first kappa shape index (κ1) is 14.0. The third kappa shape index (κ3) is 2.95. The van der Waals surface area contributed by atoms with E-state index in [1.165, 1.54) is 11.1 Å². The third-order valence-corrected chi connectivity index (χ3v) is 4.06. The van der Waals surface area contributed by atoms with E-state index in [0.717, 1.165) is 28.6 Å². The minimum atomic E-state index is 0.506. The van der Waals surface area contributed by atoms with Crippen molar-refractivity contribution in [1.29, 1.82) is 0 Å². The molecule has 0 aliphatic rings. The van der Waals surface area contributed by atoms with Crippen molar-refractivity contribution >= 4 is 21.7 Å². The maximum absolute atomic E-state index is 5.96. The predicted octanol–water partition coefficient (Wildman–Crippen LogP) is 4.06. The average molecular weight is 320 g/mol. The van der Waals surface area contributed by atoms with Crippen LogP contribution in [-0.4, -0.2) is 9.97 Å². The molecule has 2 rings (SSSR count). The van der Waals surface area contributed by atoms with Gasteiger partial charge in [0.15, 0.2) is 5.82 Å². The van der Waals surface area contributed by atoms with Gasteiger partial charge in [0.2, 0.25) is 0 Å². The van der Waals surface area contributed by atoms with Gasteiger partial charge in [0.05, 0.1) is 10.2 Å². The monoisotopic (exact) mass is 319 g/mol. The second-order valence-corrected chi connectivity index (χ2v) is 5.54. The second-order valence-electron chi connectivity index (χ2n) is 4.74. The Balaban J connectivity index is 2.52. The lowest BCUT2D eigenvalue weighted by Crippen LogP contribution is -2.03. The summed E-state index contributed by atoms with van der Waals surface area (Å²) < 4.78 is 0.821. The quantitative estimate of drug-likeness (QED) is 0.928. The number of aromatic nitrogens is 2. The van der Waals surface area contributed by atoms with Gasteiger partial charge in [-0.2, -0.15) is 0 Å². The summed E-state index contributed by atoms with van der Waals surface area (Å²) in [6.45, 7) is 6.31. The van der Waals surface area contributed by atoms with Crippen molar-refractivity contribution < 1.29 is 0 Å². The van der Waals surface area contributed by atoms with Crippen LogP contribution in [0.15, 0.2) is 22.7 Å². The predicted molar refractivity (Wildman–Crippen MR) is 83.0 cm³/mol. The molecular weight excluding hydrogens is 302 g/mol. The van der Waals surface area contributed by atoms with E-state index < -0.39 is 0 Å². The smallest absolute Gasteiger partial charge is 0.161 e. The number of hydrogen-bond donors (Lipinski definition) is 1. The SMILES string of the molecule is CCCc1nc(-c2ccc(C)c(C)c2)nc(N)c1Br. The standard InChI is InChI=1S/C15H18BrN3/c1-4-5-12-13(16)14(17)19-15(18-12)11-7-6-9(2)10(3)8-11/h6-8H,4-5H2,1-3H3,(H2,17,18,19). The molecule has 1 aromatic carbocycles. The molecule has 0 fully saturated rings. The van der Waals surface area contributed by atoms with E-state index in [0.29, 0.717) is 11.6 Å². The van der Waals surface area contributed by atoms with Crippen LogP contribution in [0.25, 0.3) is 11.4 Å². The summed E-state index contributed by atoms with van der Waals surface area (Å²) in [5, 5.41) is 0. The summed E-state index contributed by atoms with van der Waals surface area (Å²) in [5.74, 6) is 1.21. The molecule has 0 aliphatic carbocycles. The van der Waals surface area contributed by atoms with Crippen LogP contribution in [0.3, 0.4) is 0 Å². The molecule has 0 saturated heterocycles. The lowest BCUT2D eigenvalue weighted by Gasteiger charge is -2.09. The summed E-state index contributed by atoms with van der Waals surface area (Å²) in [4.78, 5) is 9.00. The van der Waals surface area contributed by atoms with E-state index >= 15 is 0 Å². The summed E-state index contributed by atoms with van der Waals surface area (Å²) in [6.07, 6.45) is 1.92. The second kappa shape index (κ2) is 5.70. The van der Waals surface area contributed by atoms with Crippen molar-refractivity contribution in [1.82, 2.24) is 9.97 Å². The van der Waals surface area contributed by atoms with Gasteiger partial charge in [-0.3, -0.25) is 0 Å². The number of hydrogen-bond acceptors (Lipinski definition) is 3. The summed E-state index contributed by atoms with van der Waals surface area (Å²) in [6, 6.07) is 6.24. The van der Waals surface area contributed by atoms with Crippen LogP contribution < -0.4 is 5.73 Å². The Bertz CT molecular complexity index is 609. The molecule has 0 radical (unpaired) electrons. The number of anilines is 1. The zero-order valence-corrected chi connectivity index (χ0v) is 13.1. The van der Waals surface area contributed by atoms with Crippen LogP contribution in [0.4, 0.5) is 5.82 Å². The molecule has 1 heterocycles. The number of aryl methyl sites for hydroxylation is 3. The molecule has 0 amide bonds. The van der Waals surface area contributed by atoms with Crippen LogP contribution in [-0.2, 0) is 6.42 Å². The molecule has 2 N–H and O–H groups in total. The molecule has 0 aliphatic heterocycles. The number of halogens is 1. The number of nitrogen functional groups attached to an aromatic ring is 1. The van der Waals surface area contributed by atoms with Gasteiger partial charge in [-0.05, 0) is 53.4 Å². The van der Waals surface area contributed by atoms with Crippen molar-refractivity contribution in [3.8, 4) is 11.4 Å². The van der Waals surface area contributed by atoms with Crippen LogP contribution >= 0.6 is 15.9 Å². The Morgan fingerprint density at radius 2 is 1.89 bits per heavy atom. The molecular formula is C15H18BrN3. The number of rotatable bonds is 3. The Morgan fingerprint density at radius 3 is 2.53 bits per heavy atom. The molecule has 0 unspecified atom stereocenters. The Hall–Kier alpha value is -1.42. The lowest BCUT2D eigenvalue weighted by atomic mass is 10.1. The minimum absolute atomic E-state index is 0.506. The number of benzene rings is 1. The van der Waals surface area contributed by atoms with Crippen molar-refractivity contribution in [2.45, 2.75) is 33.6 Å². The molecule has 1 aromatic heterocycles. The van der Waals surface area contributed by atoms with Gasteiger partial charge >= 0.3 is 0 Å². The molecule has 0 saturated carbocycles. The summed E-state index contributed by atoms with van der Waals surface area (Å²) >= 11 is 3.46. The average Bonchev–Trinajstić information content (AvgIpc) is 2.38. The van der Waals surface area contributed by atoms with E-state index in [9.17, 15) is 0 Å². The fraction of sp³-hybridized carbons (Fsp3) is 0.333. The Kier molecular flexibility index (Phi) is 4.20. The maximum Gasteiger partial charge on any atom is 0.161 e. The highest BCUT2D eigenvalue weighted by atomic mass is 79.9. The van der Waals surface area contributed by atoms with Gasteiger partial charge in [-0.15, -0.1) is 0 Å². The maximum atomic E-state index is 5.96. The normalized spacial score (nSPS) is 10.7. The van der Waals surface area contributed by atoms with Gasteiger partial charge in [0.1, 0.15) is 5.82 Å². The Morgan fingerprint density at radius 1 is 1.16 bits per heavy atom. The highest BCUT2D eigenvalue weighted by Crippen LogP contribution is 2.26.